The van der Waals surface area contributed by atoms with Gasteiger partial charge in [-0.15, -0.1) is 0 Å². The average Bonchev–Trinajstić information content (AvgIpc) is 2.34. The monoisotopic (exact) mass is 345 g/mol. The van der Waals surface area contributed by atoms with E-state index in [1.165, 1.54) is 12.1 Å². The Kier molecular flexibility index (Phi) is 6.13. The average molecular weight is 346 g/mol. The van der Waals surface area contributed by atoms with Crippen LogP contribution in [0.15, 0.2) is 22.7 Å². The predicted octanol–water partition coefficient (Wildman–Crippen LogP) is 2.91. The van der Waals surface area contributed by atoms with Crippen LogP contribution in [0, 0.1) is 11.7 Å². The standard InChI is InChI=1S/C14H17BrFNO3/c1-8(2)20-14(19)9(3)7-17-13(18)12-10(15)5-4-6-11(12)16/h4-6,8-9H,7H2,1-3H3,(H,17,18)/t9-/m0/s1. The van der Waals surface area contributed by atoms with Gasteiger partial charge in [0.15, 0.2) is 0 Å². The quantitative estimate of drug-likeness (QED) is 0.834. The molecule has 1 atom stereocenters. The molecule has 0 aliphatic rings. The van der Waals surface area contributed by atoms with Crippen molar-refractivity contribution in [2.45, 2.75) is 26.9 Å². The molecule has 20 heavy (non-hydrogen) atoms. The Morgan fingerprint density at radius 2 is 2.00 bits per heavy atom. The molecule has 0 heterocycles. The summed E-state index contributed by atoms with van der Waals surface area (Å²) in [7, 11) is 0. The van der Waals surface area contributed by atoms with Crippen LogP contribution in [0.5, 0.6) is 0 Å². The molecule has 1 aromatic carbocycles. The van der Waals surface area contributed by atoms with Crippen molar-refractivity contribution >= 4 is 27.8 Å². The lowest BCUT2D eigenvalue weighted by atomic mass is 10.1. The van der Waals surface area contributed by atoms with Crippen LogP contribution in [0.25, 0.3) is 0 Å². The first-order valence-corrected chi connectivity index (χ1v) is 7.05. The lowest BCUT2D eigenvalue weighted by molar-refractivity contribution is -0.151. The van der Waals surface area contributed by atoms with Gasteiger partial charge in [0.1, 0.15) is 5.82 Å². The molecule has 0 fully saturated rings. The highest BCUT2D eigenvalue weighted by molar-refractivity contribution is 9.10. The highest BCUT2D eigenvalue weighted by Gasteiger charge is 2.19. The van der Waals surface area contributed by atoms with Gasteiger partial charge in [0, 0.05) is 11.0 Å². The van der Waals surface area contributed by atoms with Crippen molar-refractivity contribution in [1.29, 1.82) is 0 Å². The van der Waals surface area contributed by atoms with E-state index >= 15 is 0 Å². The van der Waals surface area contributed by atoms with E-state index in [0.717, 1.165) is 0 Å². The first kappa shape index (κ1) is 16.6. The highest BCUT2D eigenvalue weighted by atomic mass is 79.9. The minimum atomic E-state index is -0.616. The minimum Gasteiger partial charge on any atom is -0.463 e. The third kappa shape index (κ3) is 4.59. The van der Waals surface area contributed by atoms with Crippen LogP contribution >= 0.6 is 15.9 Å². The zero-order valence-corrected chi connectivity index (χ0v) is 13.2. The summed E-state index contributed by atoms with van der Waals surface area (Å²) in [4.78, 5) is 23.5. The summed E-state index contributed by atoms with van der Waals surface area (Å²) in [5.74, 6) is -2.08. The summed E-state index contributed by atoms with van der Waals surface area (Å²) >= 11 is 3.12. The second-order valence-corrected chi connectivity index (χ2v) is 5.55. The van der Waals surface area contributed by atoms with Gasteiger partial charge in [-0.3, -0.25) is 9.59 Å². The van der Waals surface area contributed by atoms with E-state index in [1.807, 2.05) is 0 Å². The Labute approximate surface area is 125 Å². The maximum Gasteiger partial charge on any atom is 0.310 e. The predicted molar refractivity (Wildman–Crippen MR) is 76.8 cm³/mol. The lowest BCUT2D eigenvalue weighted by Crippen LogP contribution is -2.33. The summed E-state index contributed by atoms with van der Waals surface area (Å²) < 4.78 is 19.0. The Bertz CT molecular complexity index is 485. The molecule has 0 saturated carbocycles. The van der Waals surface area contributed by atoms with Crippen LogP contribution in [-0.2, 0) is 9.53 Å². The molecule has 1 aromatic rings. The van der Waals surface area contributed by atoms with Crippen molar-refractivity contribution in [3.8, 4) is 0 Å². The van der Waals surface area contributed by atoms with Crippen LogP contribution in [0.4, 0.5) is 4.39 Å². The second-order valence-electron chi connectivity index (χ2n) is 4.69. The number of hydrogen-bond donors (Lipinski definition) is 1. The molecule has 1 N–H and O–H groups in total. The van der Waals surface area contributed by atoms with Crippen LogP contribution in [0.1, 0.15) is 31.1 Å². The number of carbonyl (C=O) groups excluding carboxylic acids is 2. The van der Waals surface area contributed by atoms with Crippen molar-refractivity contribution < 1.29 is 18.7 Å². The number of ether oxygens (including phenoxy) is 1. The molecule has 0 aliphatic carbocycles. The van der Waals surface area contributed by atoms with Gasteiger partial charge in [-0.05, 0) is 41.9 Å². The Hall–Kier alpha value is -1.43. The molecule has 4 nitrogen and oxygen atoms in total. The SMILES string of the molecule is CC(C)OC(=O)[C@@H](C)CNC(=O)c1c(F)cccc1Br. The van der Waals surface area contributed by atoms with Crippen molar-refractivity contribution in [2.75, 3.05) is 6.54 Å². The number of rotatable bonds is 5. The summed E-state index contributed by atoms with van der Waals surface area (Å²) in [6, 6.07) is 4.28. The van der Waals surface area contributed by atoms with Gasteiger partial charge in [-0.1, -0.05) is 13.0 Å². The topological polar surface area (TPSA) is 55.4 Å². The zero-order chi connectivity index (χ0) is 15.3. The molecule has 6 heteroatoms. The van der Waals surface area contributed by atoms with Gasteiger partial charge in [0.25, 0.3) is 5.91 Å². The Morgan fingerprint density at radius 3 is 2.55 bits per heavy atom. The number of hydrogen-bond acceptors (Lipinski definition) is 3. The molecule has 0 spiro atoms. The number of nitrogens with one attached hydrogen (secondary N) is 1. The van der Waals surface area contributed by atoms with E-state index < -0.39 is 23.6 Å². The van der Waals surface area contributed by atoms with Crippen molar-refractivity contribution in [1.82, 2.24) is 5.32 Å². The fraction of sp³-hybridized carbons (Fsp3) is 0.429. The smallest absolute Gasteiger partial charge is 0.310 e. The van der Waals surface area contributed by atoms with Gasteiger partial charge in [0.05, 0.1) is 17.6 Å². The maximum atomic E-state index is 13.6. The van der Waals surface area contributed by atoms with Crippen LogP contribution < -0.4 is 5.32 Å². The summed E-state index contributed by atoms with van der Waals surface area (Å²) in [6.45, 7) is 5.23. The fourth-order valence-electron chi connectivity index (χ4n) is 1.48. The second kappa shape index (κ2) is 7.38. The van der Waals surface area contributed by atoms with E-state index in [4.69, 9.17) is 4.74 Å². The largest absolute Gasteiger partial charge is 0.463 e. The zero-order valence-electron chi connectivity index (χ0n) is 11.6. The van der Waals surface area contributed by atoms with Gasteiger partial charge < -0.3 is 10.1 Å². The summed E-state index contributed by atoms with van der Waals surface area (Å²) in [5.41, 5.74) is -0.0723. The van der Waals surface area contributed by atoms with Crippen LogP contribution in [0.3, 0.4) is 0 Å². The Balaban J connectivity index is 2.62. The van der Waals surface area contributed by atoms with Crippen LogP contribution in [0.2, 0.25) is 0 Å². The van der Waals surface area contributed by atoms with E-state index in [9.17, 15) is 14.0 Å². The summed E-state index contributed by atoms with van der Waals surface area (Å²) in [6.07, 6.45) is -0.207. The molecule has 0 radical (unpaired) electrons. The minimum absolute atomic E-state index is 0.0723. The van der Waals surface area contributed by atoms with E-state index in [-0.39, 0.29) is 18.2 Å². The van der Waals surface area contributed by atoms with Gasteiger partial charge in [0.2, 0.25) is 0 Å². The lowest BCUT2D eigenvalue weighted by Gasteiger charge is -2.15. The third-order valence-electron chi connectivity index (χ3n) is 2.51. The van der Waals surface area contributed by atoms with E-state index in [1.54, 1.807) is 26.8 Å². The number of carbonyl (C=O) groups is 2. The summed E-state index contributed by atoms with van der Waals surface area (Å²) in [5, 5.41) is 2.52. The normalized spacial score (nSPS) is 12.1. The molecule has 1 amide bonds. The van der Waals surface area contributed by atoms with Crippen molar-refractivity contribution in [3.63, 3.8) is 0 Å². The number of halogens is 2. The molecular formula is C14H17BrFNO3. The molecule has 1 rings (SSSR count). The fourth-order valence-corrected chi connectivity index (χ4v) is 2.00. The molecule has 0 aromatic heterocycles. The van der Waals surface area contributed by atoms with Gasteiger partial charge in [-0.25, -0.2) is 4.39 Å². The molecule has 0 bridgehead atoms. The molecule has 0 saturated heterocycles. The maximum absolute atomic E-state index is 13.6. The highest BCUT2D eigenvalue weighted by Crippen LogP contribution is 2.19. The van der Waals surface area contributed by atoms with Crippen molar-refractivity contribution in [2.24, 2.45) is 5.92 Å². The first-order chi connectivity index (χ1) is 9.32. The van der Waals surface area contributed by atoms with Gasteiger partial charge in [-0.2, -0.15) is 0 Å². The molecular weight excluding hydrogens is 329 g/mol. The molecule has 0 aliphatic heterocycles. The molecule has 0 unspecified atom stereocenters. The molecule has 110 valence electrons. The van der Waals surface area contributed by atoms with Crippen LogP contribution in [-0.4, -0.2) is 24.5 Å². The van der Waals surface area contributed by atoms with Gasteiger partial charge >= 0.3 is 5.97 Å². The van der Waals surface area contributed by atoms with E-state index in [0.29, 0.717) is 4.47 Å². The van der Waals surface area contributed by atoms with Crippen molar-refractivity contribution in [3.05, 3.63) is 34.1 Å². The number of benzene rings is 1. The Morgan fingerprint density at radius 1 is 1.35 bits per heavy atom. The number of amides is 1. The number of esters is 1. The first-order valence-electron chi connectivity index (χ1n) is 6.25. The third-order valence-corrected chi connectivity index (χ3v) is 3.17. The van der Waals surface area contributed by atoms with E-state index in [2.05, 4.69) is 21.2 Å².